The highest BCUT2D eigenvalue weighted by Gasteiger charge is 2.12. The first-order valence-corrected chi connectivity index (χ1v) is 7.42. The van der Waals surface area contributed by atoms with Gasteiger partial charge in [-0.3, -0.25) is 0 Å². The fourth-order valence-electron chi connectivity index (χ4n) is 2.22. The number of benzene rings is 1. The molecular formula is C15H16N4S. The van der Waals surface area contributed by atoms with Crippen LogP contribution in [0.4, 0.5) is 5.69 Å². The first-order chi connectivity index (χ1) is 9.75. The van der Waals surface area contributed by atoms with E-state index in [1.54, 1.807) is 11.3 Å². The second-order valence-corrected chi connectivity index (χ2v) is 5.35. The molecule has 0 unspecified atom stereocenters. The molecule has 102 valence electrons. The first kappa shape index (κ1) is 12.9. The number of rotatable bonds is 4. The Morgan fingerprint density at radius 1 is 1.20 bits per heavy atom. The van der Waals surface area contributed by atoms with Gasteiger partial charge in [0.25, 0.3) is 0 Å². The maximum atomic E-state index is 4.62. The average Bonchev–Trinajstić information content (AvgIpc) is 3.07. The van der Waals surface area contributed by atoms with E-state index in [9.17, 15) is 0 Å². The molecule has 0 aliphatic heterocycles. The van der Waals surface area contributed by atoms with Gasteiger partial charge in [0.15, 0.2) is 0 Å². The van der Waals surface area contributed by atoms with E-state index in [-0.39, 0.29) is 0 Å². The highest BCUT2D eigenvalue weighted by atomic mass is 32.1. The van der Waals surface area contributed by atoms with E-state index in [4.69, 9.17) is 0 Å². The van der Waals surface area contributed by atoms with Gasteiger partial charge >= 0.3 is 0 Å². The lowest BCUT2D eigenvalue weighted by Crippen LogP contribution is -2.02. The molecule has 4 nitrogen and oxygen atoms in total. The van der Waals surface area contributed by atoms with Crippen LogP contribution in [0.2, 0.25) is 0 Å². The van der Waals surface area contributed by atoms with Crippen molar-refractivity contribution in [1.82, 2.24) is 14.8 Å². The molecule has 0 atom stereocenters. The largest absolute Gasteiger partial charge is 0.376 e. The molecule has 0 saturated carbocycles. The Morgan fingerprint density at radius 3 is 2.70 bits per heavy atom. The van der Waals surface area contributed by atoms with Crippen molar-refractivity contribution in [2.75, 3.05) is 5.32 Å². The van der Waals surface area contributed by atoms with Gasteiger partial charge in [0.05, 0.1) is 40.5 Å². The van der Waals surface area contributed by atoms with Crippen LogP contribution < -0.4 is 5.32 Å². The van der Waals surface area contributed by atoms with E-state index >= 15 is 0 Å². The van der Waals surface area contributed by atoms with Crippen LogP contribution in [0.1, 0.15) is 17.1 Å². The van der Waals surface area contributed by atoms with E-state index in [0.29, 0.717) is 0 Å². The second kappa shape index (κ2) is 5.46. The fourth-order valence-corrected chi connectivity index (χ4v) is 2.78. The summed E-state index contributed by atoms with van der Waals surface area (Å²) in [4.78, 5) is 4.28. The summed E-state index contributed by atoms with van der Waals surface area (Å²) >= 11 is 1.61. The molecule has 3 rings (SSSR count). The van der Waals surface area contributed by atoms with Gasteiger partial charge in [-0.05, 0) is 26.0 Å². The number of para-hydroxylation sites is 1. The molecule has 1 aromatic carbocycles. The number of hydrogen-bond donors (Lipinski definition) is 1. The molecule has 0 saturated heterocycles. The van der Waals surface area contributed by atoms with Gasteiger partial charge in [-0.25, -0.2) is 9.67 Å². The quantitative estimate of drug-likeness (QED) is 0.796. The number of nitrogens with zero attached hydrogens (tertiary/aromatic N) is 3. The maximum absolute atomic E-state index is 4.62. The summed E-state index contributed by atoms with van der Waals surface area (Å²) in [7, 11) is 0. The molecule has 0 amide bonds. The standard InChI is InChI=1S/C15H16N4S/c1-11-15(16-8-13-9-20-10-17-13)12(2)19(18-11)14-6-4-3-5-7-14/h3-7,9-10,16H,8H2,1-2H3. The third-order valence-corrected chi connectivity index (χ3v) is 3.86. The van der Waals surface area contributed by atoms with Gasteiger partial charge in [0, 0.05) is 5.38 Å². The zero-order valence-corrected chi connectivity index (χ0v) is 12.3. The zero-order valence-electron chi connectivity index (χ0n) is 11.5. The Morgan fingerprint density at radius 2 is 2.00 bits per heavy atom. The van der Waals surface area contributed by atoms with Crippen LogP contribution in [0.5, 0.6) is 0 Å². The Labute approximate surface area is 122 Å². The molecule has 2 heterocycles. The third kappa shape index (κ3) is 2.44. The van der Waals surface area contributed by atoms with E-state index < -0.39 is 0 Å². The monoisotopic (exact) mass is 284 g/mol. The summed E-state index contributed by atoms with van der Waals surface area (Å²) in [5.74, 6) is 0. The van der Waals surface area contributed by atoms with Crippen molar-refractivity contribution < 1.29 is 0 Å². The van der Waals surface area contributed by atoms with Crippen LogP contribution in [-0.2, 0) is 6.54 Å². The molecule has 1 N–H and O–H groups in total. The maximum Gasteiger partial charge on any atom is 0.0832 e. The lowest BCUT2D eigenvalue weighted by molar-refractivity contribution is 0.833. The van der Waals surface area contributed by atoms with E-state index in [2.05, 4.69) is 39.8 Å². The topological polar surface area (TPSA) is 42.7 Å². The van der Waals surface area contributed by atoms with Gasteiger partial charge in [-0.2, -0.15) is 5.10 Å². The fraction of sp³-hybridized carbons (Fsp3) is 0.200. The summed E-state index contributed by atoms with van der Waals surface area (Å²) in [6.45, 7) is 4.83. The zero-order chi connectivity index (χ0) is 13.9. The van der Waals surface area contributed by atoms with Crippen molar-refractivity contribution in [2.45, 2.75) is 20.4 Å². The summed E-state index contributed by atoms with van der Waals surface area (Å²) in [6.07, 6.45) is 0. The van der Waals surface area contributed by atoms with Crippen molar-refractivity contribution in [3.8, 4) is 5.69 Å². The van der Waals surface area contributed by atoms with Gasteiger partial charge in [-0.15, -0.1) is 11.3 Å². The van der Waals surface area contributed by atoms with Crippen LogP contribution in [0.15, 0.2) is 41.2 Å². The Hall–Kier alpha value is -2.14. The van der Waals surface area contributed by atoms with Crippen molar-refractivity contribution >= 4 is 17.0 Å². The van der Waals surface area contributed by atoms with Crippen molar-refractivity contribution in [3.05, 3.63) is 58.3 Å². The van der Waals surface area contributed by atoms with E-state index in [1.807, 2.05) is 35.3 Å². The lowest BCUT2D eigenvalue weighted by Gasteiger charge is -2.06. The molecule has 0 spiro atoms. The molecule has 5 heteroatoms. The van der Waals surface area contributed by atoms with Gasteiger partial charge in [-0.1, -0.05) is 18.2 Å². The molecule has 0 aliphatic carbocycles. The molecule has 3 aromatic rings. The molecular weight excluding hydrogens is 268 g/mol. The number of nitrogens with one attached hydrogen (secondary N) is 1. The summed E-state index contributed by atoms with van der Waals surface area (Å²) < 4.78 is 1.97. The van der Waals surface area contributed by atoms with Gasteiger partial charge < -0.3 is 5.32 Å². The molecule has 20 heavy (non-hydrogen) atoms. The van der Waals surface area contributed by atoms with Gasteiger partial charge in [0.2, 0.25) is 0 Å². The average molecular weight is 284 g/mol. The minimum Gasteiger partial charge on any atom is -0.376 e. The SMILES string of the molecule is Cc1nn(-c2ccccc2)c(C)c1NCc1cscn1. The second-order valence-electron chi connectivity index (χ2n) is 4.63. The number of anilines is 1. The van der Waals surface area contributed by atoms with Crippen molar-refractivity contribution in [2.24, 2.45) is 0 Å². The first-order valence-electron chi connectivity index (χ1n) is 6.48. The highest BCUT2D eigenvalue weighted by molar-refractivity contribution is 7.07. The number of hydrogen-bond acceptors (Lipinski definition) is 4. The summed E-state index contributed by atoms with van der Waals surface area (Å²) in [6, 6.07) is 10.2. The Kier molecular flexibility index (Phi) is 3.52. The number of thiazole rings is 1. The molecule has 0 bridgehead atoms. The normalized spacial score (nSPS) is 10.7. The predicted octanol–water partition coefficient (Wildman–Crippen LogP) is 3.56. The van der Waals surface area contributed by atoms with Crippen LogP contribution in [-0.4, -0.2) is 14.8 Å². The highest BCUT2D eigenvalue weighted by Crippen LogP contribution is 2.23. The molecule has 0 aliphatic rings. The third-order valence-electron chi connectivity index (χ3n) is 3.22. The number of aryl methyl sites for hydroxylation is 1. The molecule has 2 aromatic heterocycles. The minimum atomic E-state index is 0.728. The Bertz CT molecular complexity index is 686. The van der Waals surface area contributed by atoms with Crippen LogP contribution in [0, 0.1) is 13.8 Å². The Balaban J connectivity index is 1.87. The molecule has 0 radical (unpaired) electrons. The van der Waals surface area contributed by atoms with E-state index in [1.165, 1.54) is 0 Å². The minimum absolute atomic E-state index is 0.728. The van der Waals surface area contributed by atoms with Crippen molar-refractivity contribution in [3.63, 3.8) is 0 Å². The number of aromatic nitrogens is 3. The summed E-state index contributed by atoms with van der Waals surface area (Å²) in [5.41, 5.74) is 7.19. The smallest absolute Gasteiger partial charge is 0.0832 e. The van der Waals surface area contributed by atoms with E-state index in [0.717, 1.165) is 35.0 Å². The van der Waals surface area contributed by atoms with Crippen LogP contribution in [0.25, 0.3) is 5.69 Å². The van der Waals surface area contributed by atoms with Crippen molar-refractivity contribution in [1.29, 1.82) is 0 Å². The summed E-state index contributed by atoms with van der Waals surface area (Å²) in [5, 5.41) is 10.1. The predicted molar refractivity (Wildman–Crippen MR) is 82.5 cm³/mol. The van der Waals surface area contributed by atoms with Gasteiger partial charge in [0.1, 0.15) is 0 Å². The van der Waals surface area contributed by atoms with Crippen LogP contribution >= 0.6 is 11.3 Å². The van der Waals surface area contributed by atoms with Crippen LogP contribution in [0.3, 0.4) is 0 Å². The lowest BCUT2D eigenvalue weighted by atomic mass is 10.3. The molecule has 0 fully saturated rings.